The van der Waals surface area contributed by atoms with Crippen LogP contribution < -0.4 is 10.2 Å². The van der Waals surface area contributed by atoms with Crippen LogP contribution in [-0.4, -0.2) is 27.9 Å². The Hall–Kier alpha value is -2.97. The average molecular weight is 484 g/mol. The molecule has 8 heteroatoms. The quantitative estimate of drug-likeness (QED) is 0.423. The monoisotopic (exact) mass is 483 g/mol. The van der Waals surface area contributed by atoms with Crippen LogP contribution in [0.3, 0.4) is 0 Å². The molecule has 0 radical (unpaired) electrons. The van der Waals surface area contributed by atoms with Crippen molar-refractivity contribution in [1.82, 2.24) is 4.90 Å². The number of nitrogens with one attached hydrogen (secondary N) is 1. The lowest BCUT2D eigenvalue weighted by Gasteiger charge is -2.29. The van der Waals surface area contributed by atoms with Crippen LogP contribution in [-0.2, 0) is 16.1 Å². The lowest BCUT2D eigenvalue weighted by atomic mass is 10.2. The van der Waals surface area contributed by atoms with Crippen molar-refractivity contribution in [3.8, 4) is 0 Å². The number of carbonyl (C=O) groups is 2. The fourth-order valence-corrected chi connectivity index (χ4v) is 3.91. The largest absolute Gasteiger partial charge is 0.467 e. The molecule has 1 saturated heterocycles. The van der Waals surface area contributed by atoms with Gasteiger partial charge in [-0.15, -0.1) is 0 Å². The average Bonchev–Trinajstić information content (AvgIpc) is 3.35. The molecule has 2 heterocycles. The minimum atomic E-state index is -0.727. The summed E-state index contributed by atoms with van der Waals surface area (Å²) in [4.78, 5) is 28.9. The molecule has 2 amide bonds. The third-order valence-electron chi connectivity index (χ3n) is 4.78. The topological polar surface area (TPSA) is 65.8 Å². The summed E-state index contributed by atoms with van der Waals surface area (Å²) in [5.74, 6) is 0.0694. The van der Waals surface area contributed by atoms with Crippen LogP contribution in [0.25, 0.3) is 0 Å². The summed E-state index contributed by atoms with van der Waals surface area (Å²) in [6.45, 7) is 0.267. The summed E-state index contributed by atoms with van der Waals surface area (Å²) in [5, 5.41) is 3.50. The van der Waals surface area contributed by atoms with E-state index < -0.39 is 6.04 Å². The zero-order valence-corrected chi connectivity index (χ0v) is 18.2. The van der Waals surface area contributed by atoms with Crippen LogP contribution in [0.5, 0.6) is 0 Å². The highest BCUT2D eigenvalue weighted by atomic mass is 79.9. The van der Waals surface area contributed by atoms with E-state index in [4.69, 9.17) is 16.6 Å². The van der Waals surface area contributed by atoms with E-state index in [1.807, 2.05) is 36.4 Å². The Morgan fingerprint density at radius 3 is 2.50 bits per heavy atom. The molecule has 1 unspecified atom stereocenters. The predicted octanol–water partition coefficient (Wildman–Crippen LogP) is 4.57. The number of hydrogen-bond donors (Lipinski definition) is 1. The van der Waals surface area contributed by atoms with Gasteiger partial charge in [0, 0.05) is 10.2 Å². The smallest absolute Gasteiger partial charge is 0.257 e. The first-order chi connectivity index (χ1) is 14.5. The highest BCUT2D eigenvalue weighted by molar-refractivity contribution is 9.10. The van der Waals surface area contributed by atoms with E-state index >= 15 is 0 Å². The number of nitrogens with zero attached hydrogens (tertiary/aromatic N) is 2. The van der Waals surface area contributed by atoms with Crippen molar-refractivity contribution in [2.75, 3.05) is 10.2 Å². The number of benzene rings is 2. The second kappa shape index (κ2) is 8.81. The molecular weight excluding hydrogens is 466 g/mol. The Morgan fingerprint density at radius 1 is 1.10 bits per heavy atom. The molecule has 1 atom stereocenters. The van der Waals surface area contributed by atoms with Crippen LogP contribution in [0.1, 0.15) is 12.2 Å². The summed E-state index contributed by atoms with van der Waals surface area (Å²) in [6.07, 6.45) is 1.60. The van der Waals surface area contributed by atoms with Crippen LogP contribution in [0.2, 0.25) is 0 Å². The van der Waals surface area contributed by atoms with E-state index in [9.17, 15) is 9.59 Å². The fraction of sp³-hybridized carbons (Fsp3) is 0.136. The Kier molecular flexibility index (Phi) is 5.96. The van der Waals surface area contributed by atoms with Gasteiger partial charge in [0.25, 0.3) is 5.91 Å². The van der Waals surface area contributed by atoms with E-state index in [1.165, 1.54) is 4.90 Å². The molecule has 30 heavy (non-hydrogen) atoms. The number of imide groups is 1. The number of carbonyl (C=O) groups excluding carboxylic acids is 2. The second-order valence-corrected chi connectivity index (χ2v) is 8.07. The van der Waals surface area contributed by atoms with E-state index in [0.717, 1.165) is 10.2 Å². The zero-order chi connectivity index (χ0) is 21.1. The van der Waals surface area contributed by atoms with Gasteiger partial charge in [0.05, 0.1) is 24.9 Å². The highest BCUT2D eigenvalue weighted by Crippen LogP contribution is 2.28. The molecule has 0 bridgehead atoms. The number of hydrogen-bond acceptors (Lipinski definition) is 4. The van der Waals surface area contributed by atoms with Crippen molar-refractivity contribution in [2.24, 2.45) is 0 Å². The molecule has 3 aromatic rings. The van der Waals surface area contributed by atoms with Crippen molar-refractivity contribution in [3.05, 3.63) is 83.2 Å². The van der Waals surface area contributed by atoms with Crippen molar-refractivity contribution in [1.29, 1.82) is 0 Å². The molecule has 0 spiro atoms. The SMILES string of the molecule is O=C1CC(N(Cc2ccco2)C(=S)Nc2ccccc2)C(=O)N1c1ccc(Br)cc1. The van der Waals surface area contributed by atoms with Gasteiger partial charge in [-0.25, -0.2) is 4.90 Å². The van der Waals surface area contributed by atoms with E-state index in [-0.39, 0.29) is 24.8 Å². The molecule has 4 rings (SSSR count). The highest BCUT2D eigenvalue weighted by Gasteiger charge is 2.43. The third-order valence-corrected chi connectivity index (χ3v) is 5.64. The molecule has 1 aliphatic rings. The summed E-state index contributed by atoms with van der Waals surface area (Å²) >= 11 is 8.99. The predicted molar refractivity (Wildman–Crippen MR) is 122 cm³/mol. The molecule has 1 aliphatic heterocycles. The maximum absolute atomic E-state index is 13.3. The van der Waals surface area contributed by atoms with Crippen molar-refractivity contribution < 1.29 is 14.0 Å². The lowest BCUT2D eigenvalue weighted by molar-refractivity contribution is -0.122. The van der Waals surface area contributed by atoms with E-state index in [2.05, 4.69) is 21.2 Å². The third kappa shape index (κ3) is 4.29. The maximum atomic E-state index is 13.3. The Balaban J connectivity index is 1.61. The van der Waals surface area contributed by atoms with Gasteiger partial charge in [0.15, 0.2) is 5.11 Å². The number of halogens is 1. The fourth-order valence-electron chi connectivity index (χ4n) is 3.33. The summed E-state index contributed by atoms with van der Waals surface area (Å²) in [7, 11) is 0. The number of anilines is 2. The first kappa shape index (κ1) is 20.3. The lowest BCUT2D eigenvalue weighted by Crippen LogP contribution is -2.46. The molecule has 2 aromatic carbocycles. The minimum Gasteiger partial charge on any atom is -0.467 e. The minimum absolute atomic E-state index is 0.0339. The number of furan rings is 1. The standard InChI is InChI=1S/C22H18BrN3O3S/c23-15-8-10-17(11-9-15)26-20(27)13-19(21(26)28)25(14-18-7-4-12-29-18)22(30)24-16-5-2-1-3-6-16/h1-12,19H,13-14H2,(H,24,30). The van der Waals surface area contributed by atoms with Gasteiger partial charge in [-0.05, 0) is 60.7 Å². The Morgan fingerprint density at radius 2 is 1.83 bits per heavy atom. The van der Waals surface area contributed by atoms with Crippen LogP contribution in [0.4, 0.5) is 11.4 Å². The van der Waals surface area contributed by atoms with E-state index in [0.29, 0.717) is 16.6 Å². The Bertz CT molecular complexity index is 1060. The van der Waals surface area contributed by atoms with Gasteiger partial charge in [-0.2, -0.15) is 0 Å². The van der Waals surface area contributed by atoms with Crippen LogP contribution in [0.15, 0.2) is 81.9 Å². The van der Waals surface area contributed by atoms with Crippen molar-refractivity contribution in [3.63, 3.8) is 0 Å². The molecule has 1 aromatic heterocycles. The van der Waals surface area contributed by atoms with Gasteiger partial charge in [0.1, 0.15) is 11.8 Å². The molecule has 0 aliphatic carbocycles. The molecule has 152 valence electrons. The first-order valence-corrected chi connectivity index (χ1v) is 10.5. The summed E-state index contributed by atoms with van der Waals surface area (Å²) < 4.78 is 6.34. The van der Waals surface area contributed by atoms with Crippen LogP contribution >= 0.6 is 28.1 Å². The summed E-state index contributed by atoms with van der Waals surface area (Å²) in [5.41, 5.74) is 1.34. The zero-order valence-electron chi connectivity index (χ0n) is 15.8. The molecule has 1 N–H and O–H groups in total. The number of thiocarbonyl (C=S) groups is 1. The maximum Gasteiger partial charge on any atom is 0.257 e. The summed E-state index contributed by atoms with van der Waals surface area (Å²) in [6, 6.07) is 19.4. The number of amides is 2. The van der Waals surface area contributed by atoms with Crippen molar-refractivity contribution in [2.45, 2.75) is 19.0 Å². The van der Waals surface area contributed by atoms with Crippen molar-refractivity contribution >= 4 is 56.4 Å². The van der Waals surface area contributed by atoms with E-state index in [1.54, 1.807) is 41.5 Å². The number of para-hydroxylation sites is 1. The number of rotatable bonds is 5. The second-order valence-electron chi connectivity index (χ2n) is 6.77. The molecular formula is C22H18BrN3O3S. The van der Waals surface area contributed by atoms with Gasteiger partial charge in [-0.1, -0.05) is 34.1 Å². The first-order valence-electron chi connectivity index (χ1n) is 9.30. The van der Waals surface area contributed by atoms with Crippen LogP contribution in [0, 0.1) is 0 Å². The molecule has 0 saturated carbocycles. The molecule has 1 fully saturated rings. The normalized spacial score (nSPS) is 16.0. The van der Waals surface area contributed by atoms with Gasteiger partial charge in [-0.3, -0.25) is 9.59 Å². The van der Waals surface area contributed by atoms with Gasteiger partial charge < -0.3 is 14.6 Å². The molecule has 6 nitrogen and oxygen atoms in total. The Labute approximate surface area is 187 Å². The van der Waals surface area contributed by atoms with Gasteiger partial charge >= 0.3 is 0 Å². The van der Waals surface area contributed by atoms with Gasteiger partial charge in [0.2, 0.25) is 5.91 Å².